The summed E-state index contributed by atoms with van der Waals surface area (Å²) in [7, 11) is 5.79. The number of anilines is 1. The Labute approximate surface area is 272 Å². The van der Waals surface area contributed by atoms with Gasteiger partial charge in [0, 0.05) is 88.6 Å². The number of hydrogen-bond acceptors (Lipinski definition) is 7. The number of β-amino-alcohol motifs (C(OH)–C–C–N with tert-alkyl or cyclic N) is 1. The van der Waals surface area contributed by atoms with E-state index in [1.54, 1.807) is 19.1 Å². The van der Waals surface area contributed by atoms with E-state index in [0.29, 0.717) is 57.2 Å². The van der Waals surface area contributed by atoms with Crippen molar-refractivity contribution in [3.63, 3.8) is 0 Å². The van der Waals surface area contributed by atoms with Crippen LogP contribution in [0.1, 0.15) is 56.5 Å². The third kappa shape index (κ3) is 6.17. The van der Waals surface area contributed by atoms with Crippen molar-refractivity contribution in [2.45, 2.75) is 45.4 Å². The molecule has 45 heavy (non-hydrogen) atoms. The molecule has 4 heterocycles. The molecule has 1 atom stereocenters. The van der Waals surface area contributed by atoms with Crippen LogP contribution in [-0.2, 0) is 46.4 Å². The highest BCUT2D eigenvalue weighted by Crippen LogP contribution is 2.39. The van der Waals surface area contributed by atoms with Crippen molar-refractivity contribution >= 4 is 40.6 Å². The van der Waals surface area contributed by atoms with Gasteiger partial charge < -0.3 is 24.5 Å². The molecule has 4 aromatic rings. The topological polar surface area (TPSA) is 109 Å². The van der Waals surface area contributed by atoms with Crippen LogP contribution in [0.4, 0.5) is 5.69 Å². The Kier molecular flexibility index (Phi) is 8.87. The molecule has 0 unspecified atom stereocenters. The smallest absolute Gasteiger partial charge is 0.291 e. The molecule has 2 aromatic carbocycles. The van der Waals surface area contributed by atoms with Gasteiger partial charge in [0.1, 0.15) is 0 Å². The maximum atomic E-state index is 13.4. The number of nitrogens with one attached hydrogen (secondary N) is 1. The highest BCUT2D eigenvalue weighted by Gasteiger charge is 2.27. The van der Waals surface area contributed by atoms with Crippen molar-refractivity contribution in [3.8, 4) is 11.1 Å². The molecule has 2 aliphatic heterocycles. The molecule has 6 rings (SSSR count). The van der Waals surface area contributed by atoms with E-state index in [9.17, 15) is 14.7 Å². The monoisotopic (exact) mass is 649 g/mol. The van der Waals surface area contributed by atoms with Gasteiger partial charge in [0.2, 0.25) is 5.78 Å². The summed E-state index contributed by atoms with van der Waals surface area (Å²) in [6.45, 7) is 5.35. The van der Waals surface area contributed by atoms with Crippen molar-refractivity contribution < 1.29 is 14.7 Å². The summed E-state index contributed by atoms with van der Waals surface area (Å²) >= 11 is 13.8. The Morgan fingerprint density at radius 1 is 0.889 bits per heavy atom. The van der Waals surface area contributed by atoms with E-state index in [-0.39, 0.29) is 18.1 Å². The van der Waals surface area contributed by atoms with Crippen LogP contribution >= 0.6 is 23.2 Å². The maximum Gasteiger partial charge on any atom is 0.291 e. The van der Waals surface area contributed by atoms with E-state index in [2.05, 4.69) is 32.1 Å². The number of amides is 1. The van der Waals surface area contributed by atoms with E-state index in [0.717, 1.165) is 55.3 Å². The molecule has 10 nitrogen and oxygen atoms in total. The number of aliphatic hydroxyl groups excluding tert-OH is 1. The standard InChI is InChI=1S/C33H37Cl2N7O3/c1-19(43)16-42-14-12-27-25(18-42)37-32(41(27)4)33(45)38-23-10-6-9-22(30(23)35)21-8-5-7-20(29(21)34)15-28(44)31-36-24-17-39(2)13-11-26(24)40(31)3/h5-10,19,43H,11-18H2,1-4H3,(H,38,45)/t19-/m0/s1. The quantitative estimate of drug-likeness (QED) is 0.270. The number of nitrogens with zero attached hydrogens (tertiary/aromatic N) is 6. The molecular formula is C33H37Cl2N7O3. The highest BCUT2D eigenvalue weighted by molar-refractivity contribution is 6.39. The SMILES string of the molecule is C[C@H](O)CN1CCc2c(nc(C(=O)Nc3cccc(-c4cccc(CC(=O)c5nc6c(n5C)CCN(C)C6)c4Cl)c3Cl)n2C)C1. The minimum Gasteiger partial charge on any atom is -0.392 e. The summed E-state index contributed by atoms with van der Waals surface area (Å²) in [6.07, 6.45) is 1.26. The lowest BCUT2D eigenvalue weighted by molar-refractivity contribution is 0.0977. The van der Waals surface area contributed by atoms with Crippen molar-refractivity contribution in [2.24, 2.45) is 14.1 Å². The second-order valence-corrected chi connectivity index (χ2v) is 12.9. The lowest BCUT2D eigenvalue weighted by Crippen LogP contribution is -2.36. The molecule has 0 saturated carbocycles. The third-order valence-corrected chi connectivity index (χ3v) is 9.58. The highest BCUT2D eigenvalue weighted by atomic mass is 35.5. The van der Waals surface area contributed by atoms with E-state index in [1.807, 2.05) is 47.5 Å². The first kappa shape index (κ1) is 31.4. The van der Waals surface area contributed by atoms with Gasteiger partial charge in [-0.1, -0.05) is 53.5 Å². The van der Waals surface area contributed by atoms with Crippen LogP contribution < -0.4 is 5.32 Å². The van der Waals surface area contributed by atoms with Gasteiger partial charge in [0.25, 0.3) is 5.91 Å². The van der Waals surface area contributed by atoms with Crippen LogP contribution in [0.2, 0.25) is 10.0 Å². The fourth-order valence-electron chi connectivity index (χ4n) is 6.41. The zero-order valence-corrected chi connectivity index (χ0v) is 27.4. The Morgan fingerprint density at radius 2 is 1.51 bits per heavy atom. The number of aromatic nitrogens is 4. The summed E-state index contributed by atoms with van der Waals surface area (Å²) < 4.78 is 3.74. The molecule has 0 fully saturated rings. The first-order valence-corrected chi connectivity index (χ1v) is 15.9. The molecule has 12 heteroatoms. The fourth-order valence-corrected chi connectivity index (χ4v) is 6.98. The average Bonchev–Trinajstić information content (AvgIpc) is 3.50. The van der Waals surface area contributed by atoms with E-state index in [4.69, 9.17) is 23.2 Å². The number of hydrogen-bond donors (Lipinski definition) is 2. The maximum absolute atomic E-state index is 13.4. The van der Waals surface area contributed by atoms with Crippen molar-refractivity contribution in [1.29, 1.82) is 0 Å². The molecule has 2 aromatic heterocycles. The largest absolute Gasteiger partial charge is 0.392 e. The van der Waals surface area contributed by atoms with Crippen LogP contribution in [-0.4, -0.2) is 78.5 Å². The number of carbonyl (C=O) groups is 2. The summed E-state index contributed by atoms with van der Waals surface area (Å²) in [5.41, 5.74) is 6.30. The van der Waals surface area contributed by atoms with Crippen LogP contribution in [0.15, 0.2) is 36.4 Å². The normalized spacial score (nSPS) is 15.9. The van der Waals surface area contributed by atoms with Crippen molar-refractivity contribution in [3.05, 3.63) is 86.4 Å². The van der Waals surface area contributed by atoms with Gasteiger partial charge in [-0.2, -0.15) is 0 Å². The molecule has 1 amide bonds. The Balaban J connectivity index is 1.22. The average molecular weight is 651 g/mol. The molecule has 0 bridgehead atoms. The summed E-state index contributed by atoms with van der Waals surface area (Å²) in [4.78, 5) is 40.5. The number of benzene rings is 2. The minimum atomic E-state index is -0.435. The number of likely N-dealkylation sites (N-methyl/N-ethyl adjacent to an activating group) is 1. The van der Waals surface area contributed by atoms with Crippen molar-refractivity contribution in [2.75, 3.05) is 32.0 Å². The summed E-state index contributed by atoms with van der Waals surface area (Å²) in [5, 5.41) is 13.5. The molecule has 0 spiro atoms. The predicted molar refractivity (Wildman–Crippen MR) is 175 cm³/mol. The second-order valence-electron chi connectivity index (χ2n) is 12.1. The summed E-state index contributed by atoms with van der Waals surface area (Å²) in [6, 6.07) is 10.9. The molecule has 0 saturated heterocycles. The number of carbonyl (C=O) groups excluding carboxylic acids is 2. The second kappa shape index (κ2) is 12.7. The zero-order chi connectivity index (χ0) is 32.0. The minimum absolute atomic E-state index is 0.0960. The van der Waals surface area contributed by atoms with Crippen molar-refractivity contribution in [1.82, 2.24) is 28.9 Å². The Hall–Kier alpha value is -3.54. The van der Waals surface area contributed by atoms with Crippen LogP contribution in [0.5, 0.6) is 0 Å². The van der Waals surface area contributed by atoms with Gasteiger partial charge in [0.15, 0.2) is 11.6 Å². The van der Waals surface area contributed by atoms with E-state index >= 15 is 0 Å². The number of halogens is 2. The zero-order valence-electron chi connectivity index (χ0n) is 25.9. The molecule has 236 valence electrons. The van der Waals surface area contributed by atoms with Crippen LogP contribution in [0, 0.1) is 0 Å². The molecule has 0 aliphatic carbocycles. The lowest BCUT2D eigenvalue weighted by Gasteiger charge is -2.27. The van der Waals surface area contributed by atoms with Crippen LogP contribution in [0.25, 0.3) is 11.1 Å². The number of aliphatic hydroxyl groups is 1. The number of fused-ring (bicyclic) bond motifs is 2. The van der Waals surface area contributed by atoms with Gasteiger partial charge in [0.05, 0.1) is 33.2 Å². The third-order valence-electron chi connectivity index (χ3n) is 8.72. The lowest BCUT2D eigenvalue weighted by atomic mass is 9.99. The van der Waals surface area contributed by atoms with Gasteiger partial charge in [-0.3, -0.25) is 14.5 Å². The van der Waals surface area contributed by atoms with E-state index < -0.39 is 6.10 Å². The van der Waals surface area contributed by atoms with Gasteiger partial charge in [-0.15, -0.1) is 0 Å². The fraction of sp³-hybridized carbons (Fsp3) is 0.394. The number of rotatable bonds is 8. The van der Waals surface area contributed by atoms with Gasteiger partial charge in [-0.05, 0) is 25.6 Å². The number of Topliss-reactive ketones (excluding diaryl/α,β-unsaturated/α-hetero) is 1. The molecule has 2 N–H and O–H groups in total. The summed E-state index contributed by atoms with van der Waals surface area (Å²) in [5.74, 6) is 0.252. The molecule has 0 radical (unpaired) electrons. The first-order chi connectivity index (χ1) is 21.5. The van der Waals surface area contributed by atoms with Gasteiger partial charge >= 0.3 is 0 Å². The molecule has 2 aliphatic rings. The number of ketones is 1. The van der Waals surface area contributed by atoms with E-state index in [1.165, 1.54) is 0 Å². The predicted octanol–water partition coefficient (Wildman–Crippen LogP) is 4.53. The number of imidazole rings is 2. The molecular weight excluding hydrogens is 613 g/mol. The first-order valence-electron chi connectivity index (χ1n) is 15.1. The van der Waals surface area contributed by atoms with Crippen LogP contribution in [0.3, 0.4) is 0 Å². The Morgan fingerprint density at radius 3 is 2.24 bits per heavy atom. The Bertz CT molecular complexity index is 1800. The van der Waals surface area contributed by atoms with Gasteiger partial charge in [-0.25, -0.2) is 9.97 Å².